The Hall–Kier alpha value is -2.08. The van der Waals surface area contributed by atoms with E-state index in [0.29, 0.717) is 16.2 Å². The zero-order valence-corrected chi connectivity index (χ0v) is 11.1. The summed E-state index contributed by atoms with van der Waals surface area (Å²) in [6, 6.07) is 10.1. The number of aromatic amines is 2. The van der Waals surface area contributed by atoms with Crippen molar-refractivity contribution in [2.45, 2.75) is 17.3 Å². The fourth-order valence-corrected chi connectivity index (χ4v) is 2.76. The minimum atomic E-state index is -0.165. The molecule has 0 aliphatic heterocycles. The number of fused-ring (bicyclic) bond motifs is 1. The summed E-state index contributed by atoms with van der Waals surface area (Å²) in [7, 11) is 0. The van der Waals surface area contributed by atoms with Crippen molar-refractivity contribution in [3.8, 4) is 0 Å². The third kappa shape index (κ3) is 2.39. The smallest absolute Gasteiger partial charge is 0.262 e. The fraction of sp³-hybridized carbons (Fsp3) is 0.154. The lowest BCUT2D eigenvalue weighted by Gasteiger charge is -2.10. The molecule has 0 fully saturated rings. The Bertz CT molecular complexity index is 750. The summed E-state index contributed by atoms with van der Waals surface area (Å²) >= 11 is 1.51. The quantitative estimate of drug-likeness (QED) is 0.567. The lowest BCUT2D eigenvalue weighted by atomic mass is 10.2. The van der Waals surface area contributed by atoms with Gasteiger partial charge >= 0.3 is 0 Å². The van der Waals surface area contributed by atoms with Crippen molar-refractivity contribution in [3.05, 3.63) is 52.4 Å². The first-order chi connectivity index (χ1) is 9.24. The zero-order chi connectivity index (χ0) is 13.2. The first-order valence-electron chi connectivity index (χ1n) is 5.89. The molecule has 0 unspecified atom stereocenters. The van der Waals surface area contributed by atoms with Gasteiger partial charge in [0.25, 0.3) is 5.56 Å². The van der Waals surface area contributed by atoms with Crippen molar-refractivity contribution in [1.82, 2.24) is 20.2 Å². The monoisotopic (exact) mass is 272 g/mol. The van der Waals surface area contributed by atoms with Crippen molar-refractivity contribution >= 4 is 22.8 Å². The average Bonchev–Trinajstić information content (AvgIpc) is 2.88. The molecule has 1 aromatic carbocycles. The van der Waals surface area contributed by atoms with Crippen LogP contribution in [0.2, 0.25) is 0 Å². The van der Waals surface area contributed by atoms with E-state index in [1.807, 2.05) is 18.2 Å². The van der Waals surface area contributed by atoms with E-state index in [0.717, 1.165) is 0 Å². The molecule has 0 spiro atoms. The predicted molar refractivity (Wildman–Crippen MR) is 75.2 cm³/mol. The third-order valence-corrected chi connectivity index (χ3v) is 3.90. The maximum Gasteiger partial charge on any atom is 0.262 e. The van der Waals surface area contributed by atoms with E-state index < -0.39 is 0 Å². The molecule has 6 heteroatoms. The van der Waals surface area contributed by atoms with Gasteiger partial charge in [-0.25, -0.2) is 4.98 Å². The second-order valence-corrected chi connectivity index (χ2v) is 5.50. The molecule has 2 aromatic heterocycles. The SMILES string of the molecule is C[C@@H](Sc1nc2[nH]ncc2c(=O)[nH]1)c1ccccc1. The van der Waals surface area contributed by atoms with Crippen LogP contribution in [0.25, 0.3) is 11.0 Å². The number of benzene rings is 1. The second kappa shape index (κ2) is 4.89. The van der Waals surface area contributed by atoms with Crippen molar-refractivity contribution < 1.29 is 0 Å². The highest BCUT2D eigenvalue weighted by atomic mass is 32.2. The minimum absolute atomic E-state index is 0.165. The molecule has 19 heavy (non-hydrogen) atoms. The largest absolute Gasteiger partial charge is 0.301 e. The van der Waals surface area contributed by atoms with Gasteiger partial charge in [0, 0.05) is 5.25 Å². The minimum Gasteiger partial charge on any atom is -0.301 e. The molecular weight excluding hydrogens is 260 g/mol. The molecule has 2 heterocycles. The first kappa shape index (κ1) is 12.0. The van der Waals surface area contributed by atoms with Crippen LogP contribution >= 0.6 is 11.8 Å². The summed E-state index contributed by atoms with van der Waals surface area (Å²) in [5.41, 5.74) is 1.55. The topological polar surface area (TPSA) is 74.4 Å². The Balaban J connectivity index is 1.91. The van der Waals surface area contributed by atoms with Gasteiger partial charge in [-0.15, -0.1) is 0 Å². The summed E-state index contributed by atoms with van der Waals surface area (Å²) in [4.78, 5) is 18.9. The lowest BCUT2D eigenvalue weighted by Crippen LogP contribution is -2.08. The van der Waals surface area contributed by atoms with E-state index in [1.165, 1.54) is 23.5 Å². The first-order valence-corrected chi connectivity index (χ1v) is 6.77. The van der Waals surface area contributed by atoms with Gasteiger partial charge in [0.1, 0.15) is 5.39 Å². The summed E-state index contributed by atoms with van der Waals surface area (Å²) in [6.45, 7) is 2.08. The molecule has 5 nitrogen and oxygen atoms in total. The summed E-state index contributed by atoms with van der Waals surface area (Å²) in [5, 5.41) is 7.83. The molecule has 2 N–H and O–H groups in total. The normalized spacial score (nSPS) is 12.7. The Labute approximate surface area is 113 Å². The van der Waals surface area contributed by atoms with Crippen LogP contribution in [0.15, 0.2) is 46.5 Å². The van der Waals surface area contributed by atoms with Gasteiger partial charge in [0.2, 0.25) is 0 Å². The molecule has 3 rings (SSSR count). The Morgan fingerprint density at radius 3 is 2.84 bits per heavy atom. The maximum atomic E-state index is 11.8. The van der Waals surface area contributed by atoms with Crippen LogP contribution in [-0.4, -0.2) is 20.2 Å². The third-order valence-electron chi connectivity index (χ3n) is 2.86. The molecule has 96 valence electrons. The molecule has 0 aliphatic carbocycles. The lowest BCUT2D eigenvalue weighted by molar-refractivity contribution is 0.946. The zero-order valence-electron chi connectivity index (χ0n) is 10.3. The van der Waals surface area contributed by atoms with Gasteiger partial charge in [0.05, 0.1) is 6.20 Å². The van der Waals surface area contributed by atoms with Crippen molar-refractivity contribution in [2.75, 3.05) is 0 Å². The Morgan fingerprint density at radius 2 is 2.05 bits per heavy atom. The van der Waals surface area contributed by atoms with Crippen LogP contribution in [-0.2, 0) is 0 Å². The summed E-state index contributed by atoms with van der Waals surface area (Å²) in [5.74, 6) is 0. The Kier molecular flexibility index (Phi) is 3.08. The van der Waals surface area contributed by atoms with Crippen LogP contribution < -0.4 is 5.56 Å². The number of H-pyrrole nitrogens is 2. The molecule has 0 aliphatic rings. The van der Waals surface area contributed by atoms with Crippen LogP contribution in [0.3, 0.4) is 0 Å². The standard InChI is InChI=1S/C13H12N4OS/c1-8(9-5-3-2-4-6-9)19-13-15-11-10(7-14-17-11)12(18)16-13/h2-8H,1H3,(H2,14,15,16,17,18)/t8-/m1/s1. The van der Waals surface area contributed by atoms with Crippen LogP contribution in [0, 0.1) is 0 Å². The molecule has 0 amide bonds. The fourth-order valence-electron chi connectivity index (χ4n) is 1.84. The molecular formula is C13H12N4OS. The molecule has 0 saturated heterocycles. The van der Waals surface area contributed by atoms with Gasteiger partial charge in [-0.3, -0.25) is 9.89 Å². The highest BCUT2D eigenvalue weighted by Crippen LogP contribution is 2.32. The number of nitrogens with zero attached hydrogens (tertiary/aromatic N) is 2. The van der Waals surface area contributed by atoms with E-state index >= 15 is 0 Å². The summed E-state index contributed by atoms with van der Waals surface area (Å²) < 4.78 is 0. The van der Waals surface area contributed by atoms with E-state index in [2.05, 4.69) is 39.2 Å². The van der Waals surface area contributed by atoms with E-state index in [4.69, 9.17) is 0 Å². The van der Waals surface area contributed by atoms with E-state index in [1.54, 1.807) is 0 Å². The van der Waals surface area contributed by atoms with E-state index in [-0.39, 0.29) is 10.8 Å². The number of rotatable bonds is 3. The highest BCUT2D eigenvalue weighted by molar-refractivity contribution is 7.99. The molecule has 0 bridgehead atoms. The van der Waals surface area contributed by atoms with Gasteiger partial charge in [-0.2, -0.15) is 5.10 Å². The van der Waals surface area contributed by atoms with Crippen molar-refractivity contribution in [2.24, 2.45) is 0 Å². The van der Waals surface area contributed by atoms with Crippen LogP contribution in [0.1, 0.15) is 17.7 Å². The van der Waals surface area contributed by atoms with Gasteiger partial charge < -0.3 is 4.98 Å². The second-order valence-electron chi connectivity index (χ2n) is 4.17. The van der Waals surface area contributed by atoms with Gasteiger partial charge in [0.15, 0.2) is 10.8 Å². The molecule has 3 aromatic rings. The average molecular weight is 272 g/mol. The number of thioether (sulfide) groups is 1. The van der Waals surface area contributed by atoms with E-state index in [9.17, 15) is 4.79 Å². The predicted octanol–water partition coefficient (Wildman–Crippen LogP) is 2.50. The highest BCUT2D eigenvalue weighted by Gasteiger charge is 2.11. The van der Waals surface area contributed by atoms with Crippen LogP contribution in [0.4, 0.5) is 0 Å². The molecule has 0 radical (unpaired) electrons. The molecule has 0 saturated carbocycles. The van der Waals surface area contributed by atoms with Crippen LogP contribution in [0.5, 0.6) is 0 Å². The van der Waals surface area contributed by atoms with Crippen molar-refractivity contribution in [3.63, 3.8) is 0 Å². The van der Waals surface area contributed by atoms with Gasteiger partial charge in [-0.1, -0.05) is 42.1 Å². The summed E-state index contributed by atoms with van der Waals surface area (Å²) in [6.07, 6.45) is 1.48. The number of hydrogen-bond acceptors (Lipinski definition) is 4. The van der Waals surface area contributed by atoms with Crippen molar-refractivity contribution in [1.29, 1.82) is 0 Å². The number of hydrogen-bond donors (Lipinski definition) is 2. The maximum absolute atomic E-state index is 11.8. The number of nitrogens with one attached hydrogen (secondary N) is 2. The van der Waals surface area contributed by atoms with Gasteiger partial charge in [-0.05, 0) is 12.5 Å². The Morgan fingerprint density at radius 1 is 1.26 bits per heavy atom. The molecule has 1 atom stereocenters. The number of aromatic nitrogens is 4.